The lowest BCUT2D eigenvalue weighted by atomic mass is 10.2. The van der Waals surface area contributed by atoms with Crippen LogP contribution in [-0.2, 0) is 6.54 Å². The van der Waals surface area contributed by atoms with Crippen molar-refractivity contribution in [3.8, 4) is 5.75 Å². The van der Waals surface area contributed by atoms with Crippen molar-refractivity contribution < 1.29 is 4.74 Å². The SMILES string of the molecule is COc1ccc2c(c1)nc(C(C)N)n2Cc1ccccc1. The van der Waals surface area contributed by atoms with E-state index < -0.39 is 0 Å². The number of benzene rings is 2. The van der Waals surface area contributed by atoms with Crippen LogP contribution in [0, 0.1) is 0 Å². The smallest absolute Gasteiger partial charge is 0.126 e. The lowest BCUT2D eigenvalue weighted by molar-refractivity contribution is 0.415. The monoisotopic (exact) mass is 281 g/mol. The minimum atomic E-state index is -0.118. The van der Waals surface area contributed by atoms with E-state index in [4.69, 9.17) is 10.5 Å². The molecule has 1 heterocycles. The quantitative estimate of drug-likeness (QED) is 0.799. The van der Waals surface area contributed by atoms with Gasteiger partial charge in [0.05, 0.1) is 24.2 Å². The van der Waals surface area contributed by atoms with E-state index in [9.17, 15) is 0 Å². The molecule has 1 aromatic heterocycles. The third-order valence-electron chi connectivity index (χ3n) is 3.58. The van der Waals surface area contributed by atoms with E-state index in [2.05, 4.69) is 21.7 Å². The Morgan fingerprint density at radius 1 is 1.19 bits per heavy atom. The van der Waals surface area contributed by atoms with E-state index in [1.165, 1.54) is 5.56 Å². The summed E-state index contributed by atoms with van der Waals surface area (Å²) in [6.07, 6.45) is 0. The van der Waals surface area contributed by atoms with Crippen molar-refractivity contribution in [2.45, 2.75) is 19.5 Å². The zero-order chi connectivity index (χ0) is 14.8. The molecule has 108 valence electrons. The number of imidazole rings is 1. The fourth-order valence-corrected chi connectivity index (χ4v) is 2.53. The van der Waals surface area contributed by atoms with E-state index in [0.717, 1.165) is 29.2 Å². The van der Waals surface area contributed by atoms with Crippen LogP contribution in [0.2, 0.25) is 0 Å². The van der Waals surface area contributed by atoms with E-state index in [1.54, 1.807) is 7.11 Å². The Labute approximate surface area is 124 Å². The number of methoxy groups -OCH3 is 1. The largest absolute Gasteiger partial charge is 0.497 e. The second kappa shape index (κ2) is 5.58. The highest BCUT2D eigenvalue weighted by atomic mass is 16.5. The first-order chi connectivity index (χ1) is 10.2. The maximum absolute atomic E-state index is 6.09. The number of fused-ring (bicyclic) bond motifs is 1. The summed E-state index contributed by atoms with van der Waals surface area (Å²) in [6, 6.07) is 16.2. The van der Waals surface area contributed by atoms with Crippen LogP contribution in [0.3, 0.4) is 0 Å². The number of rotatable bonds is 4. The van der Waals surface area contributed by atoms with Gasteiger partial charge < -0.3 is 15.0 Å². The molecule has 0 aliphatic rings. The molecule has 3 rings (SSSR count). The van der Waals surface area contributed by atoms with E-state index in [1.807, 2.05) is 43.3 Å². The first-order valence-electron chi connectivity index (χ1n) is 7.02. The molecule has 0 saturated carbocycles. The van der Waals surface area contributed by atoms with Gasteiger partial charge >= 0.3 is 0 Å². The average molecular weight is 281 g/mol. The molecule has 0 aliphatic carbocycles. The summed E-state index contributed by atoms with van der Waals surface area (Å²) < 4.78 is 7.45. The molecule has 0 radical (unpaired) electrons. The molecular weight excluding hydrogens is 262 g/mol. The van der Waals surface area contributed by atoms with E-state index >= 15 is 0 Å². The van der Waals surface area contributed by atoms with Crippen LogP contribution in [0.1, 0.15) is 24.4 Å². The summed E-state index contributed by atoms with van der Waals surface area (Å²) in [5, 5.41) is 0. The summed E-state index contributed by atoms with van der Waals surface area (Å²) in [4.78, 5) is 4.67. The Bertz CT molecular complexity index is 747. The predicted molar refractivity (Wildman–Crippen MR) is 84.4 cm³/mol. The third-order valence-corrected chi connectivity index (χ3v) is 3.58. The summed E-state index contributed by atoms with van der Waals surface area (Å²) in [6.45, 7) is 2.72. The summed E-state index contributed by atoms with van der Waals surface area (Å²) in [7, 11) is 1.66. The Kier molecular flexibility index (Phi) is 3.62. The van der Waals surface area contributed by atoms with Crippen molar-refractivity contribution in [3.63, 3.8) is 0 Å². The normalized spacial score (nSPS) is 12.5. The van der Waals surface area contributed by atoms with Crippen molar-refractivity contribution in [1.29, 1.82) is 0 Å². The van der Waals surface area contributed by atoms with Crippen molar-refractivity contribution in [2.75, 3.05) is 7.11 Å². The average Bonchev–Trinajstić information content (AvgIpc) is 2.86. The standard InChI is InChI=1S/C17H19N3O/c1-12(18)17-19-15-10-14(21-2)8-9-16(15)20(17)11-13-6-4-3-5-7-13/h3-10,12H,11,18H2,1-2H3. The van der Waals surface area contributed by atoms with Gasteiger partial charge in [-0.05, 0) is 24.6 Å². The molecule has 1 unspecified atom stereocenters. The van der Waals surface area contributed by atoms with Crippen molar-refractivity contribution in [1.82, 2.24) is 9.55 Å². The van der Waals surface area contributed by atoms with Crippen LogP contribution in [0.25, 0.3) is 11.0 Å². The molecule has 0 spiro atoms. The van der Waals surface area contributed by atoms with E-state index in [-0.39, 0.29) is 6.04 Å². The van der Waals surface area contributed by atoms with Crippen LogP contribution in [0.4, 0.5) is 0 Å². The number of hydrogen-bond donors (Lipinski definition) is 1. The Balaban J connectivity index is 2.12. The fraction of sp³-hybridized carbons (Fsp3) is 0.235. The molecule has 4 nitrogen and oxygen atoms in total. The molecule has 0 fully saturated rings. The first-order valence-corrected chi connectivity index (χ1v) is 7.02. The van der Waals surface area contributed by atoms with Gasteiger partial charge in [0, 0.05) is 12.6 Å². The van der Waals surface area contributed by atoms with Gasteiger partial charge in [-0.25, -0.2) is 4.98 Å². The van der Waals surface area contributed by atoms with Gasteiger partial charge in [-0.2, -0.15) is 0 Å². The van der Waals surface area contributed by atoms with Crippen LogP contribution >= 0.6 is 0 Å². The number of ether oxygens (including phenoxy) is 1. The molecule has 3 aromatic rings. The first kappa shape index (κ1) is 13.6. The maximum atomic E-state index is 6.09. The lowest BCUT2D eigenvalue weighted by Gasteiger charge is -2.11. The summed E-state index contributed by atoms with van der Waals surface area (Å²) in [5.74, 6) is 1.70. The van der Waals surface area contributed by atoms with E-state index in [0.29, 0.717) is 0 Å². The van der Waals surface area contributed by atoms with Gasteiger partial charge in [0.2, 0.25) is 0 Å². The fourth-order valence-electron chi connectivity index (χ4n) is 2.53. The highest BCUT2D eigenvalue weighted by Gasteiger charge is 2.14. The number of nitrogens with zero attached hydrogens (tertiary/aromatic N) is 2. The second-order valence-electron chi connectivity index (χ2n) is 5.19. The number of nitrogens with two attached hydrogens (primary N) is 1. The van der Waals surface area contributed by atoms with Crippen molar-refractivity contribution >= 4 is 11.0 Å². The van der Waals surface area contributed by atoms with Crippen LogP contribution in [-0.4, -0.2) is 16.7 Å². The van der Waals surface area contributed by atoms with Crippen molar-refractivity contribution in [3.05, 3.63) is 59.9 Å². The van der Waals surface area contributed by atoms with Gasteiger partial charge in [-0.3, -0.25) is 0 Å². The topological polar surface area (TPSA) is 53.1 Å². The zero-order valence-corrected chi connectivity index (χ0v) is 12.3. The molecule has 2 aromatic carbocycles. The Morgan fingerprint density at radius 2 is 1.95 bits per heavy atom. The van der Waals surface area contributed by atoms with Gasteiger partial charge in [0.25, 0.3) is 0 Å². The summed E-state index contributed by atoms with van der Waals surface area (Å²) >= 11 is 0. The highest BCUT2D eigenvalue weighted by molar-refractivity contribution is 5.78. The van der Waals surface area contributed by atoms with Gasteiger partial charge in [0.1, 0.15) is 11.6 Å². The van der Waals surface area contributed by atoms with Crippen LogP contribution in [0.15, 0.2) is 48.5 Å². The molecule has 2 N–H and O–H groups in total. The second-order valence-corrected chi connectivity index (χ2v) is 5.19. The minimum Gasteiger partial charge on any atom is -0.497 e. The molecular formula is C17H19N3O. The minimum absolute atomic E-state index is 0.118. The van der Waals surface area contributed by atoms with Gasteiger partial charge in [-0.15, -0.1) is 0 Å². The van der Waals surface area contributed by atoms with Gasteiger partial charge in [-0.1, -0.05) is 30.3 Å². The molecule has 4 heteroatoms. The zero-order valence-electron chi connectivity index (χ0n) is 12.3. The number of hydrogen-bond acceptors (Lipinski definition) is 3. The summed E-state index contributed by atoms with van der Waals surface area (Å²) in [5.41, 5.74) is 9.31. The van der Waals surface area contributed by atoms with Crippen LogP contribution in [0.5, 0.6) is 5.75 Å². The lowest BCUT2D eigenvalue weighted by Crippen LogP contribution is -2.14. The van der Waals surface area contributed by atoms with Crippen molar-refractivity contribution in [2.24, 2.45) is 5.73 Å². The molecule has 0 bridgehead atoms. The predicted octanol–water partition coefficient (Wildman–Crippen LogP) is 3.11. The Morgan fingerprint density at radius 3 is 2.62 bits per heavy atom. The Hall–Kier alpha value is -2.33. The van der Waals surface area contributed by atoms with Gasteiger partial charge in [0.15, 0.2) is 0 Å². The highest BCUT2D eigenvalue weighted by Crippen LogP contribution is 2.25. The third kappa shape index (κ3) is 2.62. The van der Waals surface area contributed by atoms with Crippen LogP contribution < -0.4 is 10.5 Å². The molecule has 0 amide bonds. The molecule has 0 aliphatic heterocycles. The molecule has 21 heavy (non-hydrogen) atoms. The number of aromatic nitrogens is 2. The molecule has 0 saturated heterocycles. The molecule has 1 atom stereocenters. The maximum Gasteiger partial charge on any atom is 0.126 e.